The molecule has 0 aliphatic heterocycles. The highest BCUT2D eigenvalue weighted by Crippen LogP contribution is 2.31. The lowest BCUT2D eigenvalue weighted by Crippen LogP contribution is -2.06. The molecule has 0 amide bonds. The third-order valence-corrected chi connectivity index (χ3v) is 2.49. The molecule has 0 fully saturated rings. The summed E-state index contributed by atoms with van der Waals surface area (Å²) >= 11 is 5.74. The van der Waals surface area contributed by atoms with Crippen molar-refractivity contribution in [1.29, 1.82) is 0 Å². The van der Waals surface area contributed by atoms with Gasteiger partial charge in [0.25, 0.3) is 0 Å². The van der Waals surface area contributed by atoms with Crippen molar-refractivity contribution in [2.45, 2.75) is 6.61 Å². The Bertz CT molecular complexity index is 582. The van der Waals surface area contributed by atoms with Gasteiger partial charge in [0, 0.05) is 0 Å². The van der Waals surface area contributed by atoms with Gasteiger partial charge in [-0.25, -0.2) is 9.97 Å². The van der Waals surface area contributed by atoms with E-state index in [-0.39, 0.29) is 22.4 Å². The number of nitrogens with two attached hydrogens (primary N) is 1. The molecule has 1 aromatic heterocycles. The van der Waals surface area contributed by atoms with Gasteiger partial charge in [-0.05, 0) is 12.1 Å². The number of halogens is 3. The Labute approximate surface area is 112 Å². The number of aromatic nitrogens is 2. The number of hydrogen-bond donors (Lipinski definition) is 2. The number of anilines is 3. The lowest BCUT2D eigenvalue weighted by molar-refractivity contribution is -0.0493. The Morgan fingerprint density at radius 1 is 1.26 bits per heavy atom. The predicted octanol–water partition coefficient (Wildman–Crippen LogP) is 3.06. The molecule has 0 atom stereocenters. The lowest BCUT2D eigenvalue weighted by atomic mass is 10.3. The molecule has 5 nitrogen and oxygen atoms in total. The number of ether oxygens (including phenoxy) is 1. The van der Waals surface area contributed by atoms with Crippen LogP contribution in [0.15, 0.2) is 30.6 Å². The Morgan fingerprint density at radius 2 is 2.00 bits per heavy atom. The largest absolute Gasteiger partial charge is 0.433 e. The average Bonchev–Trinajstić information content (AvgIpc) is 2.36. The van der Waals surface area contributed by atoms with Crippen molar-refractivity contribution in [3.63, 3.8) is 0 Å². The highest BCUT2D eigenvalue weighted by Gasteiger charge is 2.12. The maximum absolute atomic E-state index is 12.3. The van der Waals surface area contributed by atoms with E-state index in [9.17, 15) is 8.78 Å². The zero-order chi connectivity index (χ0) is 13.8. The van der Waals surface area contributed by atoms with Gasteiger partial charge in [0.15, 0.2) is 11.0 Å². The zero-order valence-electron chi connectivity index (χ0n) is 9.48. The molecule has 0 spiro atoms. The normalized spacial score (nSPS) is 10.5. The van der Waals surface area contributed by atoms with Crippen LogP contribution in [0.25, 0.3) is 0 Å². The minimum Gasteiger partial charge on any atom is -0.433 e. The second kappa shape index (κ2) is 5.66. The summed E-state index contributed by atoms with van der Waals surface area (Å²) in [6.07, 6.45) is 1.21. The van der Waals surface area contributed by atoms with E-state index in [1.165, 1.54) is 12.4 Å². The number of nitrogens with zero attached hydrogens (tertiary/aromatic N) is 2. The van der Waals surface area contributed by atoms with Gasteiger partial charge in [0.2, 0.25) is 0 Å². The fourth-order valence-corrected chi connectivity index (χ4v) is 1.50. The second-order valence-electron chi connectivity index (χ2n) is 3.43. The van der Waals surface area contributed by atoms with Gasteiger partial charge in [-0.2, -0.15) is 8.78 Å². The van der Waals surface area contributed by atoms with Crippen LogP contribution in [0.4, 0.5) is 26.0 Å². The van der Waals surface area contributed by atoms with Crippen LogP contribution < -0.4 is 15.8 Å². The Kier molecular flexibility index (Phi) is 3.96. The van der Waals surface area contributed by atoms with E-state index in [2.05, 4.69) is 20.0 Å². The van der Waals surface area contributed by atoms with Crippen molar-refractivity contribution < 1.29 is 13.5 Å². The maximum atomic E-state index is 12.3. The molecule has 2 rings (SSSR count). The van der Waals surface area contributed by atoms with E-state index in [1.54, 1.807) is 18.2 Å². The van der Waals surface area contributed by atoms with E-state index in [0.717, 1.165) is 0 Å². The van der Waals surface area contributed by atoms with Crippen LogP contribution in [-0.4, -0.2) is 16.6 Å². The molecule has 0 unspecified atom stereocenters. The third-order valence-electron chi connectivity index (χ3n) is 2.19. The molecule has 1 aromatic carbocycles. The monoisotopic (exact) mass is 286 g/mol. The first-order valence-corrected chi connectivity index (χ1v) is 5.52. The molecule has 3 N–H and O–H groups in total. The van der Waals surface area contributed by atoms with E-state index in [4.69, 9.17) is 17.3 Å². The minimum atomic E-state index is -2.92. The minimum absolute atomic E-state index is 0.0216. The molecule has 2 aromatic rings. The van der Waals surface area contributed by atoms with E-state index in [0.29, 0.717) is 5.69 Å². The van der Waals surface area contributed by atoms with Gasteiger partial charge in [-0.3, -0.25) is 0 Å². The first-order valence-electron chi connectivity index (χ1n) is 5.14. The smallest absolute Gasteiger partial charge is 0.387 e. The number of alkyl halides is 2. The quantitative estimate of drug-likeness (QED) is 0.845. The van der Waals surface area contributed by atoms with E-state index < -0.39 is 6.61 Å². The molecule has 0 aliphatic carbocycles. The molecule has 0 aliphatic rings. The molecule has 100 valence electrons. The van der Waals surface area contributed by atoms with Gasteiger partial charge >= 0.3 is 6.61 Å². The van der Waals surface area contributed by atoms with Gasteiger partial charge < -0.3 is 15.8 Å². The van der Waals surface area contributed by atoms with Crippen LogP contribution in [-0.2, 0) is 0 Å². The van der Waals surface area contributed by atoms with Crippen molar-refractivity contribution in [1.82, 2.24) is 9.97 Å². The summed E-state index contributed by atoms with van der Waals surface area (Å²) in [7, 11) is 0. The number of rotatable bonds is 4. The lowest BCUT2D eigenvalue weighted by Gasteiger charge is -2.13. The molecular weight excluding hydrogens is 278 g/mol. The highest BCUT2D eigenvalue weighted by atomic mass is 35.5. The summed E-state index contributed by atoms with van der Waals surface area (Å²) in [6.45, 7) is -2.92. The van der Waals surface area contributed by atoms with Gasteiger partial charge in [-0.15, -0.1) is 0 Å². The fourth-order valence-electron chi connectivity index (χ4n) is 1.37. The topological polar surface area (TPSA) is 73.1 Å². The molecule has 8 heteroatoms. The number of nitrogens with one attached hydrogen (secondary N) is 1. The Morgan fingerprint density at radius 3 is 2.74 bits per heavy atom. The summed E-state index contributed by atoms with van der Waals surface area (Å²) in [5.74, 6) is 0.192. The van der Waals surface area contributed by atoms with Crippen LogP contribution in [0.5, 0.6) is 5.75 Å². The Balaban J connectivity index is 2.30. The average molecular weight is 287 g/mol. The first kappa shape index (κ1) is 13.3. The van der Waals surface area contributed by atoms with Crippen LogP contribution in [0.2, 0.25) is 5.15 Å². The molecule has 0 bridgehead atoms. The van der Waals surface area contributed by atoms with E-state index in [1.807, 2.05) is 0 Å². The molecule has 0 saturated carbocycles. The Hall–Kier alpha value is -2.15. The maximum Gasteiger partial charge on any atom is 0.387 e. The number of nitrogen functional groups attached to an aromatic ring is 1. The number of benzene rings is 1. The summed E-state index contributed by atoms with van der Waals surface area (Å²) in [6, 6.07) is 6.17. The van der Waals surface area contributed by atoms with Crippen molar-refractivity contribution in [3.8, 4) is 5.75 Å². The second-order valence-corrected chi connectivity index (χ2v) is 3.78. The van der Waals surface area contributed by atoms with Crippen molar-refractivity contribution in [2.75, 3.05) is 11.1 Å². The number of para-hydroxylation sites is 2. The first-order chi connectivity index (χ1) is 9.08. The zero-order valence-corrected chi connectivity index (χ0v) is 10.2. The van der Waals surface area contributed by atoms with Gasteiger partial charge in [-0.1, -0.05) is 23.7 Å². The predicted molar refractivity (Wildman–Crippen MR) is 67.8 cm³/mol. The van der Waals surface area contributed by atoms with Gasteiger partial charge in [0.05, 0.1) is 5.69 Å². The highest BCUT2D eigenvalue weighted by molar-refractivity contribution is 6.32. The third kappa shape index (κ3) is 3.19. The van der Waals surface area contributed by atoms with Crippen molar-refractivity contribution in [3.05, 3.63) is 35.7 Å². The van der Waals surface area contributed by atoms with Crippen LogP contribution >= 0.6 is 11.6 Å². The van der Waals surface area contributed by atoms with Crippen LogP contribution in [0, 0.1) is 0 Å². The summed E-state index contributed by atoms with van der Waals surface area (Å²) in [5.41, 5.74) is 6.09. The summed E-state index contributed by atoms with van der Waals surface area (Å²) in [5, 5.41) is 2.84. The molecule has 19 heavy (non-hydrogen) atoms. The fraction of sp³-hybridized carbons (Fsp3) is 0.0909. The number of hydrogen-bond acceptors (Lipinski definition) is 5. The molecule has 1 heterocycles. The summed E-state index contributed by atoms with van der Waals surface area (Å²) < 4.78 is 28.9. The van der Waals surface area contributed by atoms with Crippen molar-refractivity contribution >= 4 is 28.8 Å². The summed E-state index contributed by atoms with van der Waals surface area (Å²) in [4.78, 5) is 7.57. The van der Waals surface area contributed by atoms with Crippen molar-refractivity contribution in [2.24, 2.45) is 0 Å². The van der Waals surface area contributed by atoms with E-state index >= 15 is 0 Å². The van der Waals surface area contributed by atoms with Crippen LogP contribution in [0.3, 0.4) is 0 Å². The molecule has 0 radical (unpaired) electrons. The van der Waals surface area contributed by atoms with Gasteiger partial charge in [0.1, 0.15) is 17.8 Å². The molecular formula is C11H9ClF2N4O. The van der Waals surface area contributed by atoms with Crippen LogP contribution in [0.1, 0.15) is 0 Å². The molecule has 0 saturated heterocycles. The SMILES string of the molecule is Nc1c(Cl)ncnc1Nc1ccccc1OC(F)F. The standard InChI is InChI=1S/C11H9ClF2N4O/c12-9-8(15)10(17-5-16-9)18-6-3-1-2-4-7(6)19-11(13)14/h1-5,11H,15H2,(H,16,17,18).